The lowest BCUT2D eigenvalue weighted by molar-refractivity contribution is -0.131. The maximum absolute atomic E-state index is 14.2. The molecule has 0 unspecified atom stereocenters. The molecule has 0 atom stereocenters. The molecule has 3 heterocycles. The summed E-state index contributed by atoms with van der Waals surface area (Å²) in [4.78, 5) is 14.7. The van der Waals surface area contributed by atoms with Crippen molar-refractivity contribution >= 4 is 11.6 Å². The van der Waals surface area contributed by atoms with Gasteiger partial charge in [-0.1, -0.05) is 36.4 Å². The van der Waals surface area contributed by atoms with Crippen LogP contribution in [0, 0.1) is 12.7 Å². The van der Waals surface area contributed by atoms with Crippen LogP contribution in [-0.2, 0) is 11.2 Å². The minimum atomic E-state index is -0.311. The molecule has 1 amide bonds. The van der Waals surface area contributed by atoms with Gasteiger partial charge in [-0.3, -0.25) is 4.79 Å². The number of likely N-dealkylation sites (tertiary alicyclic amines) is 1. The topological polar surface area (TPSA) is 63.4 Å². The van der Waals surface area contributed by atoms with Crippen molar-refractivity contribution in [1.82, 2.24) is 24.7 Å². The van der Waals surface area contributed by atoms with Gasteiger partial charge >= 0.3 is 0 Å². The summed E-state index contributed by atoms with van der Waals surface area (Å²) in [6.07, 6.45) is 2.02. The first kappa shape index (κ1) is 20.3. The van der Waals surface area contributed by atoms with Crippen molar-refractivity contribution < 1.29 is 9.18 Å². The molecule has 0 radical (unpaired) electrons. The molecular formula is C25H24FN5O. The number of hydrogen-bond acceptors (Lipinski definition) is 4. The Morgan fingerprint density at radius 3 is 2.53 bits per heavy atom. The summed E-state index contributed by atoms with van der Waals surface area (Å²) in [7, 11) is 0. The van der Waals surface area contributed by atoms with Crippen LogP contribution in [0.4, 0.5) is 4.39 Å². The molecular weight excluding hydrogens is 405 g/mol. The van der Waals surface area contributed by atoms with Gasteiger partial charge in [-0.25, -0.2) is 4.39 Å². The van der Waals surface area contributed by atoms with E-state index >= 15 is 0 Å². The van der Waals surface area contributed by atoms with E-state index < -0.39 is 0 Å². The highest BCUT2D eigenvalue weighted by atomic mass is 19.1. The molecule has 6 nitrogen and oxygen atoms in total. The van der Waals surface area contributed by atoms with Crippen LogP contribution in [0.3, 0.4) is 0 Å². The number of piperidine rings is 1. The van der Waals surface area contributed by atoms with Crippen LogP contribution in [0.1, 0.15) is 35.7 Å². The van der Waals surface area contributed by atoms with E-state index in [1.165, 1.54) is 6.07 Å². The zero-order valence-electron chi connectivity index (χ0n) is 17.9. The molecule has 7 heteroatoms. The van der Waals surface area contributed by atoms with Crippen LogP contribution < -0.4 is 0 Å². The smallest absolute Gasteiger partial charge is 0.226 e. The lowest BCUT2D eigenvalue weighted by atomic mass is 9.95. The number of aromatic nitrogens is 4. The molecule has 162 valence electrons. The fraction of sp³-hybridized carbons (Fsp3) is 0.280. The molecule has 4 aromatic rings. The fourth-order valence-electron chi connectivity index (χ4n) is 4.34. The highest BCUT2D eigenvalue weighted by molar-refractivity contribution is 5.79. The zero-order valence-corrected chi connectivity index (χ0v) is 17.9. The van der Waals surface area contributed by atoms with E-state index in [1.54, 1.807) is 28.8 Å². The molecule has 1 saturated heterocycles. The number of rotatable bonds is 4. The number of hydrogen-bond donors (Lipinski definition) is 0. The minimum Gasteiger partial charge on any atom is -0.342 e. The Bertz CT molecular complexity index is 1280. The van der Waals surface area contributed by atoms with Crippen LogP contribution in [0.15, 0.2) is 60.7 Å². The van der Waals surface area contributed by atoms with Gasteiger partial charge in [-0.2, -0.15) is 9.61 Å². The van der Waals surface area contributed by atoms with Crippen LogP contribution in [-0.4, -0.2) is 43.7 Å². The summed E-state index contributed by atoms with van der Waals surface area (Å²) in [5, 5.41) is 13.3. The summed E-state index contributed by atoms with van der Waals surface area (Å²) in [6.45, 7) is 3.39. The summed E-state index contributed by atoms with van der Waals surface area (Å²) in [5.41, 5.74) is 3.85. The van der Waals surface area contributed by atoms with Crippen LogP contribution >= 0.6 is 0 Å². The predicted octanol–water partition coefficient (Wildman–Crippen LogP) is 4.19. The standard InChI is InChI=1S/C25H24FN5O/c1-17-6-2-3-7-19(17)16-24(32)30-14-12-18(13-15-30)25-28-27-23-11-10-22(29-31(23)25)20-8-4-5-9-21(20)26/h2-11,18H,12-16H2,1H3. The maximum atomic E-state index is 14.2. The number of nitrogens with zero attached hydrogens (tertiary/aromatic N) is 5. The van der Waals surface area contributed by atoms with Crippen LogP contribution in [0.2, 0.25) is 0 Å². The number of carbonyl (C=O) groups excluding carboxylic acids is 1. The van der Waals surface area contributed by atoms with E-state index in [0.717, 1.165) is 29.8 Å². The van der Waals surface area contributed by atoms with E-state index in [1.807, 2.05) is 42.2 Å². The Balaban J connectivity index is 1.32. The number of carbonyl (C=O) groups is 1. The van der Waals surface area contributed by atoms with E-state index in [4.69, 9.17) is 0 Å². The van der Waals surface area contributed by atoms with Crippen molar-refractivity contribution in [1.29, 1.82) is 0 Å². The lowest BCUT2D eigenvalue weighted by Gasteiger charge is -2.31. The van der Waals surface area contributed by atoms with Crippen molar-refractivity contribution in [2.75, 3.05) is 13.1 Å². The summed E-state index contributed by atoms with van der Waals surface area (Å²) in [6, 6.07) is 18.2. The number of halogens is 1. The third-order valence-electron chi connectivity index (χ3n) is 6.25. The molecule has 1 fully saturated rings. The average molecular weight is 429 g/mol. The van der Waals surface area contributed by atoms with E-state index in [0.29, 0.717) is 36.4 Å². The molecule has 2 aromatic carbocycles. The van der Waals surface area contributed by atoms with Crippen molar-refractivity contribution in [2.45, 2.75) is 32.1 Å². The van der Waals surface area contributed by atoms with Gasteiger partial charge in [0.1, 0.15) is 5.82 Å². The zero-order chi connectivity index (χ0) is 22.1. The van der Waals surface area contributed by atoms with Crippen molar-refractivity contribution in [3.8, 4) is 11.3 Å². The monoisotopic (exact) mass is 429 g/mol. The number of fused-ring (bicyclic) bond motifs is 1. The SMILES string of the molecule is Cc1ccccc1CC(=O)N1CCC(c2nnc3ccc(-c4ccccc4F)nn23)CC1. The molecule has 1 aliphatic heterocycles. The van der Waals surface area contributed by atoms with E-state index in [2.05, 4.69) is 15.3 Å². The van der Waals surface area contributed by atoms with E-state index in [-0.39, 0.29) is 17.6 Å². The van der Waals surface area contributed by atoms with Gasteiger partial charge in [-0.15, -0.1) is 10.2 Å². The second kappa shape index (κ2) is 8.49. The Labute approximate surface area is 185 Å². The van der Waals surface area contributed by atoms with Crippen LogP contribution in [0.5, 0.6) is 0 Å². The maximum Gasteiger partial charge on any atom is 0.226 e. The van der Waals surface area contributed by atoms with Gasteiger partial charge in [0.05, 0.1) is 12.1 Å². The van der Waals surface area contributed by atoms with Crippen molar-refractivity contribution in [3.63, 3.8) is 0 Å². The third-order valence-corrected chi connectivity index (χ3v) is 6.25. The Morgan fingerprint density at radius 1 is 1.00 bits per heavy atom. The Morgan fingerprint density at radius 2 is 1.75 bits per heavy atom. The fourth-order valence-corrected chi connectivity index (χ4v) is 4.34. The minimum absolute atomic E-state index is 0.149. The predicted molar refractivity (Wildman–Crippen MR) is 120 cm³/mol. The molecule has 0 aliphatic carbocycles. The van der Waals surface area contributed by atoms with E-state index in [9.17, 15) is 9.18 Å². The van der Waals surface area contributed by atoms with Crippen LogP contribution in [0.25, 0.3) is 16.9 Å². The molecule has 5 rings (SSSR count). The first-order valence-electron chi connectivity index (χ1n) is 10.9. The first-order valence-corrected chi connectivity index (χ1v) is 10.9. The molecule has 0 N–H and O–H groups in total. The quantitative estimate of drug-likeness (QED) is 0.488. The number of benzene rings is 2. The van der Waals surface area contributed by atoms with Crippen molar-refractivity contribution in [3.05, 3.63) is 83.4 Å². The van der Waals surface area contributed by atoms with Gasteiger partial charge in [0.2, 0.25) is 5.91 Å². The largest absolute Gasteiger partial charge is 0.342 e. The Kier molecular flexibility index (Phi) is 5.39. The number of aryl methyl sites for hydroxylation is 1. The second-order valence-electron chi connectivity index (χ2n) is 8.28. The highest BCUT2D eigenvalue weighted by Gasteiger charge is 2.27. The summed E-state index contributed by atoms with van der Waals surface area (Å²) < 4.78 is 16.0. The highest BCUT2D eigenvalue weighted by Crippen LogP contribution is 2.28. The normalized spacial score (nSPS) is 14.8. The molecule has 32 heavy (non-hydrogen) atoms. The molecule has 0 bridgehead atoms. The van der Waals surface area contributed by atoms with Gasteiger partial charge in [0, 0.05) is 24.6 Å². The summed E-state index contributed by atoms with van der Waals surface area (Å²) in [5.74, 6) is 0.762. The van der Waals surface area contributed by atoms with Gasteiger partial charge in [0.25, 0.3) is 0 Å². The molecule has 0 saturated carbocycles. The Hall–Kier alpha value is -3.61. The number of amides is 1. The molecule has 0 spiro atoms. The third kappa shape index (κ3) is 3.86. The van der Waals surface area contributed by atoms with Gasteiger partial charge in [-0.05, 0) is 55.2 Å². The summed E-state index contributed by atoms with van der Waals surface area (Å²) >= 11 is 0. The van der Waals surface area contributed by atoms with Gasteiger partial charge in [0.15, 0.2) is 11.5 Å². The second-order valence-corrected chi connectivity index (χ2v) is 8.28. The van der Waals surface area contributed by atoms with Gasteiger partial charge < -0.3 is 4.90 Å². The molecule has 1 aliphatic rings. The first-order chi connectivity index (χ1) is 15.6. The van der Waals surface area contributed by atoms with Crippen molar-refractivity contribution in [2.24, 2.45) is 0 Å². The average Bonchev–Trinajstić information content (AvgIpc) is 3.24. The molecule has 2 aromatic heterocycles. The lowest BCUT2D eigenvalue weighted by Crippen LogP contribution is -2.39.